The number of esters is 1. The van der Waals surface area contributed by atoms with Crippen LogP contribution in [0.1, 0.15) is 131 Å². The predicted octanol–water partition coefficient (Wildman–Crippen LogP) is 5.86. The molecule has 1 unspecified atom stereocenters. The van der Waals surface area contributed by atoms with E-state index in [1.54, 1.807) is 24.7 Å². The van der Waals surface area contributed by atoms with E-state index in [1.807, 2.05) is 25.4 Å². The normalized spacial score (nSPS) is 25.0. The van der Waals surface area contributed by atoms with Crippen LogP contribution in [0.2, 0.25) is 0 Å². The van der Waals surface area contributed by atoms with E-state index < -0.39 is 5.97 Å². The van der Waals surface area contributed by atoms with Gasteiger partial charge in [0.05, 0.1) is 30.1 Å². The van der Waals surface area contributed by atoms with E-state index in [-0.39, 0.29) is 48.1 Å². The quantitative estimate of drug-likeness (QED) is 0.0879. The van der Waals surface area contributed by atoms with Gasteiger partial charge in [0.2, 0.25) is 29.6 Å². The second-order valence-electron chi connectivity index (χ2n) is 21.4. The number of likely N-dealkylation sites (tertiary alicyclic amines) is 1. The zero-order chi connectivity index (χ0) is 50.1. The molecule has 2 aliphatic carbocycles. The molecule has 4 amide bonds. The van der Waals surface area contributed by atoms with E-state index in [1.165, 1.54) is 24.9 Å². The van der Waals surface area contributed by atoms with Crippen molar-refractivity contribution in [3.05, 3.63) is 53.5 Å². The maximum absolute atomic E-state index is 13.8. The van der Waals surface area contributed by atoms with Crippen LogP contribution in [-0.2, 0) is 31.0 Å². The highest BCUT2D eigenvalue weighted by Crippen LogP contribution is 2.35. The first-order chi connectivity index (χ1) is 35.0. The Balaban J connectivity index is 0.628. The number of aryl methyl sites for hydroxylation is 2. The lowest BCUT2D eigenvalue weighted by Gasteiger charge is -2.43. The molecule has 3 aromatic rings. The Bertz CT molecular complexity index is 2340. The van der Waals surface area contributed by atoms with Gasteiger partial charge in [-0.2, -0.15) is 10.1 Å². The van der Waals surface area contributed by atoms with E-state index in [4.69, 9.17) is 9.72 Å². The van der Waals surface area contributed by atoms with Crippen molar-refractivity contribution in [1.29, 1.82) is 0 Å². The number of amides is 4. The average Bonchev–Trinajstić information content (AvgIpc) is 3.81. The molecule has 6 heterocycles. The summed E-state index contributed by atoms with van der Waals surface area (Å²) in [5.41, 5.74) is 3.84. The molecular weight excluding hydrogens is 913 g/mol. The smallest absolute Gasteiger partial charge is 0.343 e. The van der Waals surface area contributed by atoms with Gasteiger partial charge in [-0.1, -0.05) is 25.0 Å². The number of benzene rings is 1. The molecule has 18 heteroatoms. The zero-order valence-electron chi connectivity index (χ0n) is 43.0. The number of carbonyl (C=O) groups is 5. The molecule has 390 valence electrons. The highest BCUT2D eigenvalue weighted by Gasteiger charge is 2.37. The number of carbonyl (C=O) groups excluding carboxylic acids is 5. The lowest BCUT2D eigenvalue weighted by Crippen LogP contribution is -2.54. The molecule has 3 N–H and O–H groups in total. The topological polar surface area (TPSA) is 190 Å². The van der Waals surface area contributed by atoms with Gasteiger partial charge in [0.15, 0.2) is 0 Å². The lowest BCUT2D eigenvalue weighted by atomic mass is 9.80. The third-order valence-corrected chi connectivity index (χ3v) is 16.7. The van der Waals surface area contributed by atoms with Crippen molar-refractivity contribution in [3.8, 4) is 0 Å². The van der Waals surface area contributed by atoms with Crippen LogP contribution in [0.25, 0.3) is 0 Å². The number of anilines is 4. The number of unbranched alkanes of at least 4 members (excludes halogenated alkanes) is 1. The van der Waals surface area contributed by atoms with Crippen molar-refractivity contribution in [2.75, 3.05) is 94.1 Å². The number of hydrogen-bond acceptors (Lipinski definition) is 14. The fraction of sp³-hybridized carbons (Fsp3) is 0.667. The van der Waals surface area contributed by atoms with Crippen LogP contribution in [0.3, 0.4) is 0 Å². The van der Waals surface area contributed by atoms with Gasteiger partial charge in [-0.3, -0.25) is 39.0 Å². The number of hydrogen-bond donors (Lipinski definition) is 3. The summed E-state index contributed by atoms with van der Waals surface area (Å²) in [7, 11) is 1.85. The third-order valence-electron chi connectivity index (χ3n) is 16.7. The van der Waals surface area contributed by atoms with Gasteiger partial charge in [-0.25, -0.2) is 9.78 Å². The van der Waals surface area contributed by atoms with Crippen LogP contribution in [0, 0.1) is 24.7 Å². The number of nitrogens with zero attached hydrogens (tertiary/aromatic N) is 9. The largest absolute Gasteiger partial charge is 0.462 e. The molecule has 0 radical (unpaired) electrons. The maximum atomic E-state index is 13.8. The van der Waals surface area contributed by atoms with Gasteiger partial charge < -0.3 is 30.1 Å². The number of piperazine rings is 2. The van der Waals surface area contributed by atoms with Crippen LogP contribution in [0.4, 0.5) is 23.1 Å². The Hall–Kier alpha value is -5.62. The zero-order valence-corrected chi connectivity index (χ0v) is 43.0. The molecule has 6 aliphatic rings. The van der Waals surface area contributed by atoms with Crippen LogP contribution >= 0.6 is 0 Å². The minimum absolute atomic E-state index is 0.0210. The molecule has 0 bridgehead atoms. The number of aromatic nitrogens is 4. The fourth-order valence-electron chi connectivity index (χ4n) is 12.4. The average molecular weight is 991 g/mol. The SMILES string of the molecule is CCOC(=O)c1c(C)nc(Nc2cnn(C)c2)nc1NC1CCC(N2CCN(C(=O)C3CCC(C(=O)N4CCC(CCCCN5CCN(c6ccc(C7CCC(=O)NC7=O)cc6)CC5)CC4)CC3)CC2)CC1. The Morgan fingerprint density at radius 2 is 1.43 bits per heavy atom. The van der Waals surface area contributed by atoms with Gasteiger partial charge >= 0.3 is 5.97 Å². The number of ether oxygens (including phenoxy) is 1. The summed E-state index contributed by atoms with van der Waals surface area (Å²) < 4.78 is 7.09. The monoisotopic (exact) mass is 991 g/mol. The van der Waals surface area contributed by atoms with Crippen molar-refractivity contribution >= 4 is 52.7 Å². The van der Waals surface area contributed by atoms with Gasteiger partial charge in [-0.15, -0.1) is 0 Å². The predicted molar refractivity (Wildman–Crippen MR) is 276 cm³/mol. The summed E-state index contributed by atoms with van der Waals surface area (Å²) in [4.78, 5) is 85.5. The van der Waals surface area contributed by atoms with Crippen molar-refractivity contribution < 1.29 is 28.7 Å². The summed E-state index contributed by atoms with van der Waals surface area (Å²) in [5.74, 6) is 1.19. The number of piperidine rings is 2. The van der Waals surface area contributed by atoms with E-state index in [0.29, 0.717) is 53.7 Å². The molecule has 1 aromatic carbocycles. The Kier molecular flexibility index (Phi) is 17.1. The van der Waals surface area contributed by atoms with Gasteiger partial charge in [0.25, 0.3) is 0 Å². The molecule has 72 heavy (non-hydrogen) atoms. The summed E-state index contributed by atoms with van der Waals surface area (Å²) in [6.07, 6.45) is 17.6. The van der Waals surface area contributed by atoms with E-state index in [9.17, 15) is 24.0 Å². The van der Waals surface area contributed by atoms with Gasteiger partial charge in [0, 0.05) is 115 Å². The lowest BCUT2D eigenvalue weighted by molar-refractivity contribution is -0.143. The first kappa shape index (κ1) is 51.3. The third kappa shape index (κ3) is 12.8. The highest BCUT2D eigenvalue weighted by atomic mass is 16.5. The van der Waals surface area contributed by atoms with Gasteiger partial charge in [0.1, 0.15) is 11.4 Å². The summed E-state index contributed by atoms with van der Waals surface area (Å²) in [6.45, 7) is 14.1. The summed E-state index contributed by atoms with van der Waals surface area (Å²) >= 11 is 0. The number of nitrogens with one attached hydrogen (secondary N) is 3. The minimum atomic E-state index is -0.433. The van der Waals surface area contributed by atoms with Crippen LogP contribution in [-0.4, -0.2) is 160 Å². The van der Waals surface area contributed by atoms with Crippen molar-refractivity contribution in [2.24, 2.45) is 24.8 Å². The standard InChI is InChI=1S/C54H78N12O6/c1-4-72-53(71)48-37(2)56-54(58-43-35-55-61(3)36-43)60-49(48)57-42-14-18-45(19-15-42)64-31-33-66(34-32-64)52(70)41-10-8-40(9-11-41)51(69)65-25-22-38(23-26-65)7-5-6-24-62-27-29-63(30-28-62)44-16-12-39(13-17-44)46-20-21-47(67)59-50(46)68/h12-13,16-17,35-36,38,40-42,45-46H,4-11,14-15,18-34H2,1-3H3,(H,59,67,68)(H2,56,57,58,60). The Morgan fingerprint density at radius 3 is 2.06 bits per heavy atom. The van der Waals surface area contributed by atoms with Crippen molar-refractivity contribution in [3.63, 3.8) is 0 Å². The van der Waals surface area contributed by atoms with E-state index >= 15 is 0 Å². The second-order valence-corrected chi connectivity index (χ2v) is 21.4. The first-order valence-electron chi connectivity index (χ1n) is 27.3. The summed E-state index contributed by atoms with van der Waals surface area (Å²) in [5, 5.41) is 13.5. The Morgan fingerprint density at radius 1 is 0.764 bits per heavy atom. The van der Waals surface area contributed by atoms with Crippen LogP contribution in [0.5, 0.6) is 0 Å². The number of imide groups is 1. The highest BCUT2D eigenvalue weighted by molar-refractivity contribution is 6.01. The molecule has 18 nitrogen and oxygen atoms in total. The summed E-state index contributed by atoms with van der Waals surface area (Å²) in [6, 6.07) is 8.94. The fourth-order valence-corrected chi connectivity index (χ4v) is 12.4. The second kappa shape index (κ2) is 23.9. The van der Waals surface area contributed by atoms with Crippen LogP contribution in [0.15, 0.2) is 36.7 Å². The first-order valence-corrected chi connectivity index (χ1v) is 27.3. The Labute approximate surface area is 425 Å². The minimum Gasteiger partial charge on any atom is -0.462 e. The molecule has 1 atom stereocenters. The molecular formula is C54H78N12O6. The molecule has 2 saturated carbocycles. The van der Waals surface area contributed by atoms with Crippen LogP contribution < -0.4 is 20.9 Å². The molecule has 0 spiro atoms. The van der Waals surface area contributed by atoms with Crippen molar-refractivity contribution in [2.45, 2.75) is 128 Å². The molecule has 4 saturated heterocycles. The molecule has 9 rings (SSSR count). The molecule has 2 aromatic heterocycles. The van der Waals surface area contributed by atoms with E-state index in [2.05, 4.69) is 62.7 Å². The number of rotatable bonds is 16. The van der Waals surface area contributed by atoms with Gasteiger partial charge in [-0.05, 0) is 121 Å². The van der Waals surface area contributed by atoms with E-state index in [0.717, 1.165) is 147 Å². The molecule has 4 aliphatic heterocycles. The maximum Gasteiger partial charge on any atom is 0.343 e. The van der Waals surface area contributed by atoms with Crippen molar-refractivity contribution in [1.82, 2.24) is 44.7 Å². The molecule has 6 fully saturated rings.